The number of para-hydroxylation sites is 3. The van der Waals surface area contributed by atoms with Gasteiger partial charge in [-0.2, -0.15) is 0 Å². The molecule has 0 saturated heterocycles. The molecule has 8 aromatic carbocycles. The first-order valence-corrected chi connectivity index (χ1v) is 18.4. The Hall–Kier alpha value is -6.64. The van der Waals surface area contributed by atoms with Crippen LogP contribution < -0.4 is 4.90 Å². The molecule has 1 aliphatic rings. The number of hydrogen-bond donors (Lipinski definition) is 0. The number of nitrogens with zero attached hydrogens (tertiary/aromatic N) is 2. The van der Waals surface area contributed by atoms with E-state index in [1.807, 2.05) is 0 Å². The van der Waals surface area contributed by atoms with Crippen molar-refractivity contribution in [1.29, 1.82) is 0 Å². The summed E-state index contributed by atoms with van der Waals surface area (Å²) in [7, 11) is 0. The topological polar surface area (TPSA) is 8.17 Å². The van der Waals surface area contributed by atoms with E-state index in [9.17, 15) is 0 Å². The third-order valence-electron chi connectivity index (χ3n) is 11.2. The van der Waals surface area contributed by atoms with Crippen LogP contribution in [0.3, 0.4) is 0 Å². The third kappa shape index (κ3) is 5.10. The normalized spacial score (nSPS) is 12.9. The standard InChI is InChI=1S/C51H38N2/c1-51(2)47-19-11-9-17-43(47)44-31-25-38(34-48(44)51)36-23-29-42(30-24-36)52(39-13-5-3-6-14-39)41-27-21-35(22-28-41)37-26-32-50-46(33-37)45-18-10-12-20-49(45)53(50)40-15-7-4-8-16-40/h3-34H,1-2H3. The molecule has 0 radical (unpaired) electrons. The van der Waals surface area contributed by atoms with Gasteiger partial charge < -0.3 is 9.47 Å². The molecule has 0 bridgehead atoms. The molecule has 9 aromatic rings. The van der Waals surface area contributed by atoms with Crippen LogP contribution in [0.2, 0.25) is 0 Å². The number of fused-ring (bicyclic) bond motifs is 6. The summed E-state index contributed by atoms with van der Waals surface area (Å²) in [6.45, 7) is 4.69. The second kappa shape index (κ2) is 12.3. The van der Waals surface area contributed by atoms with Crippen LogP contribution in [0.15, 0.2) is 194 Å². The summed E-state index contributed by atoms with van der Waals surface area (Å²) < 4.78 is 2.37. The van der Waals surface area contributed by atoms with E-state index in [0.717, 1.165) is 17.1 Å². The summed E-state index contributed by atoms with van der Waals surface area (Å²) in [5.74, 6) is 0. The van der Waals surface area contributed by atoms with Gasteiger partial charge in [0.15, 0.2) is 0 Å². The Morgan fingerprint density at radius 2 is 0.887 bits per heavy atom. The second-order valence-electron chi connectivity index (χ2n) is 14.6. The molecule has 1 aromatic heterocycles. The van der Waals surface area contributed by atoms with E-state index >= 15 is 0 Å². The van der Waals surface area contributed by atoms with E-state index in [1.165, 1.54) is 72.0 Å². The fraction of sp³-hybridized carbons (Fsp3) is 0.0588. The lowest BCUT2D eigenvalue weighted by molar-refractivity contribution is 0.660. The molecule has 10 rings (SSSR count). The Balaban J connectivity index is 0.993. The predicted molar refractivity (Wildman–Crippen MR) is 224 cm³/mol. The van der Waals surface area contributed by atoms with Crippen molar-refractivity contribution in [2.45, 2.75) is 19.3 Å². The molecule has 0 N–H and O–H groups in total. The Bertz CT molecular complexity index is 2770. The van der Waals surface area contributed by atoms with E-state index < -0.39 is 0 Å². The number of anilines is 3. The monoisotopic (exact) mass is 678 g/mol. The van der Waals surface area contributed by atoms with Gasteiger partial charge in [0.25, 0.3) is 0 Å². The molecule has 1 aliphatic carbocycles. The second-order valence-corrected chi connectivity index (χ2v) is 14.6. The van der Waals surface area contributed by atoms with E-state index in [1.54, 1.807) is 0 Å². The van der Waals surface area contributed by atoms with Crippen LogP contribution in [-0.2, 0) is 5.41 Å². The average Bonchev–Trinajstić information content (AvgIpc) is 3.67. The molecule has 0 amide bonds. The van der Waals surface area contributed by atoms with Crippen LogP contribution >= 0.6 is 0 Å². The zero-order valence-electron chi connectivity index (χ0n) is 29.9. The number of rotatable bonds is 6. The summed E-state index contributed by atoms with van der Waals surface area (Å²) >= 11 is 0. The van der Waals surface area contributed by atoms with Gasteiger partial charge in [-0.15, -0.1) is 0 Å². The molecule has 0 unspecified atom stereocenters. The molecule has 0 spiro atoms. The first-order chi connectivity index (χ1) is 26.0. The van der Waals surface area contributed by atoms with Crippen LogP contribution in [-0.4, -0.2) is 4.57 Å². The lowest BCUT2D eigenvalue weighted by Gasteiger charge is -2.26. The highest BCUT2D eigenvalue weighted by molar-refractivity contribution is 6.10. The van der Waals surface area contributed by atoms with Gasteiger partial charge in [0.1, 0.15) is 0 Å². The summed E-state index contributed by atoms with van der Waals surface area (Å²) in [4.78, 5) is 2.34. The van der Waals surface area contributed by atoms with E-state index in [0.29, 0.717) is 0 Å². The van der Waals surface area contributed by atoms with Gasteiger partial charge in [-0.1, -0.05) is 135 Å². The van der Waals surface area contributed by atoms with E-state index in [4.69, 9.17) is 0 Å². The Morgan fingerprint density at radius 3 is 1.60 bits per heavy atom. The molecule has 53 heavy (non-hydrogen) atoms. The van der Waals surface area contributed by atoms with Crippen LogP contribution in [0.4, 0.5) is 17.1 Å². The fourth-order valence-corrected chi connectivity index (χ4v) is 8.52. The van der Waals surface area contributed by atoms with Crippen molar-refractivity contribution in [1.82, 2.24) is 4.57 Å². The average molecular weight is 679 g/mol. The quantitative estimate of drug-likeness (QED) is 0.170. The SMILES string of the molecule is CC1(C)c2ccccc2-c2ccc(-c3ccc(N(c4ccccc4)c4ccc(-c5ccc6c(c5)c5ccccc5n6-c5ccccc5)cc4)cc3)cc21. The molecule has 0 atom stereocenters. The predicted octanol–water partition coefficient (Wildman–Crippen LogP) is 13.9. The van der Waals surface area contributed by atoms with Crippen LogP contribution in [0.5, 0.6) is 0 Å². The summed E-state index contributed by atoms with van der Waals surface area (Å²) in [6.07, 6.45) is 0. The molecule has 252 valence electrons. The molecule has 0 aliphatic heterocycles. The Labute approximate surface area is 310 Å². The van der Waals surface area contributed by atoms with Gasteiger partial charge in [-0.25, -0.2) is 0 Å². The number of hydrogen-bond acceptors (Lipinski definition) is 1. The zero-order chi connectivity index (χ0) is 35.5. The maximum atomic E-state index is 2.40. The summed E-state index contributed by atoms with van der Waals surface area (Å²) in [6, 6.07) is 70.7. The number of benzene rings is 8. The number of aromatic nitrogens is 1. The Kier molecular flexibility index (Phi) is 7.19. The lowest BCUT2D eigenvalue weighted by atomic mass is 9.81. The van der Waals surface area contributed by atoms with Crippen LogP contribution in [0, 0.1) is 0 Å². The molecule has 2 heteroatoms. The third-order valence-corrected chi connectivity index (χ3v) is 11.2. The largest absolute Gasteiger partial charge is 0.311 e. The fourth-order valence-electron chi connectivity index (χ4n) is 8.52. The van der Waals surface area contributed by atoms with Crippen molar-refractivity contribution >= 4 is 38.9 Å². The van der Waals surface area contributed by atoms with E-state index in [2.05, 4.69) is 217 Å². The van der Waals surface area contributed by atoms with Crippen molar-refractivity contribution in [3.05, 3.63) is 205 Å². The minimum absolute atomic E-state index is 0.0229. The van der Waals surface area contributed by atoms with Gasteiger partial charge in [0.05, 0.1) is 11.0 Å². The molecule has 0 fully saturated rings. The highest BCUT2D eigenvalue weighted by Gasteiger charge is 2.35. The molecular weight excluding hydrogens is 641 g/mol. The van der Waals surface area contributed by atoms with Gasteiger partial charge in [-0.05, 0) is 117 Å². The molecule has 0 saturated carbocycles. The van der Waals surface area contributed by atoms with Crippen molar-refractivity contribution in [2.75, 3.05) is 4.90 Å². The minimum Gasteiger partial charge on any atom is -0.311 e. The van der Waals surface area contributed by atoms with Crippen molar-refractivity contribution in [2.24, 2.45) is 0 Å². The molecule has 1 heterocycles. The highest BCUT2D eigenvalue weighted by Crippen LogP contribution is 2.49. The van der Waals surface area contributed by atoms with Crippen molar-refractivity contribution in [3.63, 3.8) is 0 Å². The smallest absolute Gasteiger partial charge is 0.0541 e. The first kappa shape index (κ1) is 31.1. The van der Waals surface area contributed by atoms with Crippen molar-refractivity contribution < 1.29 is 0 Å². The van der Waals surface area contributed by atoms with Gasteiger partial charge in [0, 0.05) is 38.9 Å². The first-order valence-electron chi connectivity index (χ1n) is 18.4. The van der Waals surface area contributed by atoms with Crippen LogP contribution in [0.1, 0.15) is 25.0 Å². The molecular formula is C51H38N2. The Morgan fingerprint density at radius 1 is 0.377 bits per heavy atom. The van der Waals surface area contributed by atoms with E-state index in [-0.39, 0.29) is 5.41 Å². The van der Waals surface area contributed by atoms with Gasteiger partial charge >= 0.3 is 0 Å². The van der Waals surface area contributed by atoms with Gasteiger partial charge in [0.2, 0.25) is 0 Å². The maximum absolute atomic E-state index is 2.40. The molecule has 2 nitrogen and oxygen atoms in total. The van der Waals surface area contributed by atoms with Gasteiger partial charge in [-0.3, -0.25) is 0 Å². The maximum Gasteiger partial charge on any atom is 0.0541 e. The zero-order valence-corrected chi connectivity index (χ0v) is 29.9. The lowest BCUT2D eigenvalue weighted by Crippen LogP contribution is -2.14. The highest BCUT2D eigenvalue weighted by atomic mass is 15.1. The summed E-state index contributed by atoms with van der Waals surface area (Å²) in [5, 5.41) is 2.52. The summed E-state index contributed by atoms with van der Waals surface area (Å²) in [5.41, 5.74) is 17.3. The van der Waals surface area contributed by atoms with Crippen LogP contribution in [0.25, 0.3) is 60.9 Å². The van der Waals surface area contributed by atoms with Crippen molar-refractivity contribution in [3.8, 4) is 39.1 Å². The minimum atomic E-state index is -0.0229.